The summed E-state index contributed by atoms with van der Waals surface area (Å²) in [5, 5.41) is 19.4. The Morgan fingerprint density at radius 2 is 2.11 bits per heavy atom. The van der Waals surface area contributed by atoms with Crippen molar-refractivity contribution in [3.63, 3.8) is 0 Å². The Morgan fingerprint density at radius 3 is 2.44 bits per heavy atom. The topological polar surface area (TPSA) is 78.5 Å². The minimum absolute atomic E-state index is 0.133. The van der Waals surface area contributed by atoms with E-state index in [2.05, 4.69) is 5.32 Å². The van der Waals surface area contributed by atoms with Gasteiger partial charge >= 0.3 is 0 Å². The molecule has 0 aliphatic heterocycles. The van der Waals surface area contributed by atoms with E-state index in [1.165, 1.54) is 0 Å². The number of aliphatic hydroxyl groups excluding tert-OH is 1. The maximum absolute atomic E-state index is 8.33. The largest absolute Gasteiger partial charge is 0.367 e. The Hall–Kier alpha value is -0.160. The van der Waals surface area contributed by atoms with Gasteiger partial charge in [-0.1, -0.05) is 6.92 Å². The lowest BCUT2D eigenvalue weighted by Gasteiger charge is -2.11. The predicted molar refractivity (Wildman–Crippen MR) is 34.5 cm³/mol. The second-order valence-corrected chi connectivity index (χ2v) is 1.90. The van der Waals surface area contributed by atoms with Crippen molar-refractivity contribution in [3.05, 3.63) is 0 Å². The summed E-state index contributed by atoms with van der Waals surface area (Å²) in [7, 11) is 0. The van der Waals surface area contributed by atoms with Gasteiger partial charge in [0.1, 0.15) is 0 Å². The summed E-state index contributed by atoms with van der Waals surface area (Å²) >= 11 is 0. The molecular formula is C5H14N2O2. The number of rotatable bonds is 4. The minimum Gasteiger partial charge on any atom is -0.367 e. The highest BCUT2D eigenvalue weighted by Crippen LogP contribution is 1.79. The first kappa shape index (κ1) is 8.84. The molecule has 0 aromatic heterocycles. The molecule has 5 N–H and O–H groups in total. The normalized spacial score (nSPS) is 14.3. The molecule has 0 rings (SSSR count). The molecule has 0 aliphatic carbocycles. The average molecular weight is 134 g/mol. The van der Waals surface area contributed by atoms with Crippen LogP contribution in [0.5, 0.6) is 0 Å². The molecule has 0 aliphatic rings. The molecule has 1 atom stereocenters. The van der Waals surface area contributed by atoms with Crippen LogP contribution in [0.1, 0.15) is 13.3 Å². The standard InChI is InChI=1S/C5H14N2O2/c1-2-4(6)7-3-5(8)9/h4-5,7-9H,2-3,6H2,1H3. The van der Waals surface area contributed by atoms with Crippen molar-refractivity contribution < 1.29 is 10.2 Å². The van der Waals surface area contributed by atoms with Crippen LogP contribution >= 0.6 is 0 Å². The molecule has 0 amide bonds. The first-order valence-corrected chi connectivity index (χ1v) is 3.02. The summed E-state index contributed by atoms with van der Waals surface area (Å²) in [4.78, 5) is 0. The van der Waals surface area contributed by atoms with Crippen LogP contribution in [-0.2, 0) is 0 Å². The number of hydrogen-bond acceptors (Lipinski definition) is 4. The van der Waals surface area contributed by atoms with Crippen LogP contribution in [0, 0.1) is 0 Å². The lowest BCUT2D eigenvalue weighted by atomic mass is 10.4. The molecule has 0 fully saturated rings. The summed E-state index contributed by atoms with van der Waals surface area (Å²) in [6.07, 6.45) is -0.651. The van der Waals surface area contributed by atoms with Crippen molar-refractivity contribution in [1.29, 1.82) is 0 Å². The third-order valence-corrected chi connectivity index (χ3v) is 1.00. The van der Waals surface area contributed by atoms with Gasteiger partial charge in [-0.05, 0) is 6.42 Å². The molecule has 0 aromatic carbocycles. The van der Waals surface area contributed by atoms with Gasteiger partial charge in [0, 0.05) is 6.54 Å². The van der Waals surface area contributed by atoms with Gasteiger partial charge < -0.3 is 15.9 Å². The highest BCUT2D eigenvalue weighted by atomic mass is 16.5. The van der Waals surface area contributed by atoms with Crippen LogP contribution in [0.25, 0.3) is 0 Å². The van der Waals surface area contributed by atoms with Crippen molar-refractivity contribution in [3.8, 4) is 0 Å². The summed E-state index contributed by atoms with van der Waals surface area (Å²) in [5.41, 5.74) is 5.39. The molecule has 1 unspecified atom stereocenters. The second kappa shape index (κ2) is 4.69. The van der Waals surface area contributed by atoms with E-state index in [9.17, 15) is 0 Å². The Bertz CT molecular complexity index is 68.0. The molecule has 4 heteroatoms. The van der Waals surface area contributed by atoms with E-state index < -0.39 is 6.29 Å². The van der Waals surface area contributed by atoms with Crippen LogP contribution in [0.3, 0.4) is 0 Å². The Kier molecular flexibility index (Phi) is 4.61. The Balaban J connectivity index is 3.06. The minimum atomic E-state index is -1.30. The lowest BCUT2D eigenvalue weighted by molar-refractivity contribution is -0.0388. The first-order chi connectivity index (χ1) is 4.16. The fourth-order valence-corrected chi connectivity index (χ4v) is 0.401. The fourth-order valence-electron chi connectivity index (χ4n) is 0.401. The first-order valence-electron chi connectivity index (χ1n) is 3.02. The Morgan fingerprint density at radius 1 is 1.56 bits per heavy atom. The van der Waals surface area contributed by atoms with Gasteiger partial charge in [0.15, 0.2) is 6.29 Å². The van der Waals surface area contributed by atoms with E-state index in [1.807, 2.05) is 6.92 Å². The highest BCUT2D eigenvalue weighted by Gasteiger charge is 1.99. The van der Waals surface area contributed by atoms with Gasteiger partial charge in [-0.25, -0.2) is 0 Å². The number of nitrogens with one attached hydrogen (secondary N) is 1. The molecule has 0 spiro atoms. The molecule has 56 valence electrons. The van der Waals surface area contributed by atoms with Crippen molar-refractivity contribution in [2.75, 3.05) is 6.54 Å². The third-order valence-electron chi connectivity index (χ3n) is 1.00. The van der Waals surface area contributed by atoms with Gasteiger partial charge in [-0.15, -0.1) is 0 Å². The van der Waals surface area contributed by atoms with Crippen LogP contribution < -0.4 is 11.1 Å². The van der Waals surface area contributed by atoms with Crippen LogP contribution in [-0.4, -0.2) is 29.2 Å². The van der Waals surface area contributed by atoms with Gasteiger partial charge in [0.05, 0.1) is 6.17 Å². The second-order valence-electron chi connectivity index (χ2n) is 1.90. The summed E-state index contributed by atoms with van der Waals surface area (Å²) in [6, 6.07) is 0. The zero-order chi connectivity index (χ0) is 7.28. The van der Waals surface area contributed by atoms with Gasteiger partial charge in [-0.3, -0.25) is 5.32 Å². The Labute approximate surface area is 54.7 Å². The quantitative estimate of drug-likeness (QED) is 0.356. The van der Waals surface area contributed by atoms with Crippen LogP contribution in [0.2, 0.25) is 0 Å². The van der Waals surface area contributed by atoms with Gasteiger partial charge in [0.25, 0.3) is 0 Å². The number of aliphatic hydroxyl groups is 2. The van der Waals surface area contributed by atoms with E-state index in [1.54, 1.807) is 0 Å². The summed E-state index contributed by atoms with van der Waals surface area (Å²) in [6.45, 7) is 2.05. The van der Waals surface area contributed by atoms with Crippen LogP contribution in [0.15, 0.2) is 0 Å². The molecular weight excluding hydrogens is 120 g/mol. The van der Waals surface area contributed by atoms with Gasteiger partial charge in [0.2, 0.25) is 0 Å². The molecule has 9 heavy (non-hydrogen) atoms. The summed E-state index contributed by atoms with van der Waals surface area (Å²) in [5.74, 6) is 0. The molecule has 0 heterocycles. The van der Waals surface area contributed by atoms with E-state index in [0.717, 1.165) is 6.42 Å². The molecule has 0 saturated carbocycles. The van der Waals surface area contributed by atoms with Crippen molar-refractivity contribution in [2.24, 2.45) is 5.73 Å². The SMILES string of the molecule is CCC(N)NCC(O)O. The molecule has 0 saturated heterocycles. The predicted octanol–water partition coefficient (Wildman–Crippen LogP) is -1.42. The van der Waals surface area contributed by atoms with E-state index in [4.69, 9.17) is 15.9 Å². The van der Waals surface area contributed by atoms with Crippen LogP contribution in [0.4, 0.5) is 0 Å². The highest BCUT2D eigenvalue weighted by molar-refractivity contribution is 4.55. The molecule has 0 bridgehead atoms. The maximum Gasteiger partial charge on any atom is 0.164 e. The number of nitrogens with two attached hydrogens (primary N) is 1. The van der Waals surface area contributed by atoms with Crippen molar-refractivity contribution in [2.45, 2.75) is 25.8 Å². The molecule has 0 radical (unpaired) electrons. The van der Waals surface area contributed by atoms with Crippen molar-refractivity contribution in [1.82, 2.24) is 5.32 Å². The smallest absolute Gasteiger partial charge is 0.164 e. The zero-order valence-corrected chi connectivity index (χ0v) is 5.54. The van der Waals surface area contributed by atoms with E-state index in [-0.39, 0.29) is 12.7 Å². The fraction of sp³-hybridized carbons (Fsp3) is 1.00. The third kappa shape index (κ3) is 5.72. The molecule has 4 nitrogen and oxygen atoms in total. The average Bonchev–Trinajstić information content (AvgIpc) is 1.83. The zero-order valence-electron chi connectivity index (χ0n) is 5.54. The summed E-state index contributed by atoms with van der Waals surface area (Å²) < 4.78 is 0. The maximum atomic E-state index is 8.33. The lowest BCUT2D eigenvalue weighted by Crippen LogP contribution is -2.40. The number of hydrogen-bond donors (Lipinski definition) is 4. The van der Waals surface area contributed by atoms with Gasteiger partial charge in [-0.2, -0.15) is 0 Å². The molecule has 0 aromatic rings. The van der Waals surface area contributed by atoms with E-state index >= 15 is 0 Å². The monoisotopic (exact) mass is 134 g/mol. The van der Waals surface area contributed by atoms with Crippen molar-refractivity contribution >= 4 is 0 Å². The van der Waals surface area contributed by atoms with E-state index in [0.29, 0.717) is 0 Å².